The van der Waals surface area contributed by atoms with Crippen LogP contribution >= 0.6 is 0 Å². The number of hydrogen-bond donors (Lipinski definition) is 0. The van der Waals surface area contributed by atoms with Crippen molar-refractivity contribution in [1.82, 2.24) is 0 Å². The zero-order chi connectivity index (χ0) is 15.0. The fourth-order valence-electron chi connectivity index (χ4n) is 1.54. The van der Waals surface area contributed by atoms with Gasteiger partial charge in [-0.25, -0.2) is 4.39 Å². The van der Waals surface area contributed by atoms with Crippen molar-refractivity contribution in [3.8, 4) is 23.0 Å². The Morgan fingerprint density at radius 2 is 1.25 bits per heavy atom. The zero-order valence-electron chi connectivity index (χ0n) is 11.9. The third-order valence-electron chi connectivity index (χ3n) is 2.72. The van der Waals surface area contributed by atoms with E-state index in [9.17, 15) is 9.18 Å². The van der Waals surface area contributed by atoms with E-state index in [1.54, 1.807) is 24.3 Å². The minimum absolute atomic E-state index is 0.0469. The van der Waals surface area contributed by atoms with E-state index in [4.69, 9.17) is 0 Å². The summed E-state index contributed by atoms with van der Waals surface area (Å²) in [5.41, 5.74) is 2.60. The number of carbonyl (C=O) groups is 1. The molecule has 0 aromatic heterocycles. The largest absolute Gasteiger partial charge is 0.295 e. The first kappa shape index (κ1) is 15.7. The Bertz CT molecular complexity index is 607. The van der Waals surface area contributed by atoms with Crippen molar-refractivity contribution < 1.29 is 9.18 Å². The normalized spacial score (nSPS) is 8.80. The molecule has 2 aromatic carbocycles. The van der Waals surface area contributed by atoms with Crippen LogP contribution < -0.4 is 0 Å². The molecule has 2 aromatic rings. The average molecular weight is 268 g/mol. The second kappa shape index (κ2) is 7.91. The van der Waals surface area contributed by atoms with Crippen LogP contribution in [0.2, 0.25) is 0 Å². The Balaban J connectivity index is 0.000000444. The van der Waals surface area contributed by atoms with Crippen LogP contribution in [-0.2, 0) is 0 Å². The lowest BCUT2D eigenvalue weighted by atomic mass is 10.0. The van der Waals surface area contributed by atoms with Gasteiger partial charge in [-0.1, -0.05) is 36.4 Å². The van der Waals surface area contributed by atoms with Crippen molar-refractivity contribution in [1.29, 1.82) is 0 Å². The molecular weight excluding hydrogens is 251 g/mol. The van der Waals surface area contributed by atoms with E-state index in [0.717, 1.165) is 11.1 Å². The number of carbonyl (C=O) groups excluding carboxylic acids is 1. The summed E-state index contributed by atoms with van der Waals surface area (Å²) in [6, 6.07) is 13.6. The number of halogens is 1. The van der Waals surface area contributed by atoms with Gasteiger partial charge >= 0.3 is 0 Å². The van der Waals surface area contributed by atoms with Crippen molar-refractivity contribution in [2.75, 3.05) is 0 Å². The van der Waals surface area contributed by atoms with Gasteiger partial charge in [-0.15, -0.1) is 11.8 Å². The van der Waals surface area contributed by atoms with E-state index in [-0.39, 0.29) is 11.6 Å². The molecule has 20 heavy (non-hydrogen) atoms. The predicted octanol–water partition coefficient (Wildman–Crippen LogP) is 4.72. The third-order valence-corrected chi connectivity index (χ3v) is 2.72. The van der Waals surface area contributed by atoms with Crippen LogP contribution in [0.5, 0.6) is 0 Å². The van der Waals surface area contributed by atoms with Crippen LogP contribution in [0, 0.1) is 17.7 Å². The molecule has 0 spiro atoms. The highest BCUT2D eigenvalue weighted by molar-refractivity contribution is 5.94. The molecule has 0 radical (unpaired) electrons. The molecule has 0 atom stereocenters. The molecule has 0 heterocycles. The minimum Gasteiger partial charge on any atom is -0.295 e. The van der Waals surface area contributed by atoms with Gasteiger partial charge in [0.2, 0.25) is 0 Å². The summed E-state index contributed by atoms with van der Waals surface area (Å²) in [7, 11) is 0. The summed E-state index contributed by atoms with van der Waals surface area (Å²) in [5, 5.41) is 0. The van der Waals surface area contributed by atoms with Crippen molar-refractivity contribution in [2.24, 2.45) is 0 Å². The van der Waals surface area contributed by atoms with E-state index in [0.29, 0.717) is 5.56 Å². The molecule has 0 fully saturated rings. The number of ketones is 1. The van der Waals surface area contributed by atoms with E-state index in [1.807, 2.05) is 26.0 Å². The first-order valence-electron chi connectivity index (χ1n) is 6.29. The van der Waals surface area contributed by atoms with Crippen LogP contribution in [0.1, 0.15) is 31.1 Å². The van der Waals surface area contributed by atoms with Crippen molar-refractivity contribution in [2.45, 2.75) is 20.8 Å². The number of hydrogen-bond acceptors (Lipinski definition) is 1. The quantitative estimate of drug-likeness (QED) is 0.568. The van der Waals surface area contributed by atoms with Gasteiger partial charge in [-0.2, -0.15) is 0 Å². The Morgan fingerprint density at radius 1 is 0.850 bits per heavy atom. The molecule has 0 saturated carbocycles. The van der Waals surface area contributed by atoms with Gasteiger partial charge in [0.15, 0.2) is 5.78 Å². The van der Waals surface area contributed by atoms with Crippen LogP contribution in [0.3, 0.4) is 0 Å². The molecule has 102 valence electrons. The Labute approximate surface area is 119 Å². The Kier molecular flexibility index (Phi) is 6.19. The highest BCUT2D eigenvalue weighted by atomic mass is 19.1. The molecule has 0 aliphatic carbocycles. The summed E-state index contributed by atoms with van der Waals surface area (Å²) in [5.74, 6) is 5.16. The van der Waals surface area contributed by atoms with Crippen LogP contribution in [0.4, 0.5) is 4.39 Å². The second-order valence-electron chi connectivity index (χ2n) is 4.14. The predicted molar refractivity (Wildman–Crippen MR) is 81.0 cm³/mol. The first-order chi connectivity index (χ1) is 9.58. The zero-order valence-corrected chi connectivity index (χ0v) is 11.9. The van der Waals surface area contributed by atoms with Gasteiger partial charge in [0.25, 0.3) is 0 Å². The molecule has 0 unspecified atom stereocenters. The van der Waals surface area contributed by atoms with Gasteiger partial charge in [-0.3, -0.25) is 4.79 Å². The summed E-state index contributed by atoms with van der Waals surface area (Å²) in [6.07, 6.45) is 0. The first-order valence-corrected chi connectivity index (χ1v) is 6.29. The van der Waals surface area contributed by atoms with Gasteiger partial charge in [0.1, 0.15) is 5.82 Å². The third kappa shape index (κ3) is 4.70. The number of rotatable bonds is 2. The Hall–Kier alpha value is -2.40. The summed E-state index contributed by atoms with van der Waals surface area (Å²) >= 11 is 0. The number of benzene rings is 2. The Morgan fingerprint density at radius 3 is 1.60 bits per heavy atom. The smallest absolute Gasteiger partial charge is 0.159 e. The highest BCUT2D eigenvalue weighted by Crippen LogP contribution is 2.20. The molecular formula is C18H17FO. The summed E-state index contributed by atoms with van der Waals surface area (Å²) in [4.78, 5) is 11.1. The fourth-order valence-corrected chi connectivity index (χ4v) is 1.54. The SMILES string of the molecule is CC#CC.CC(=O)c1ccc(-c2ccc(F)cc2)cc1. The van der Waals surface area contributed by atoms with Crippen molar-refractivity contribution in [3.05, 3.63) is 59.9 Å². The van der Waals surface area contributed by atoms with E-state index >= 15 is 0 Å². The molecule has 0 saturated heterocycles. The highest BCUT2D eigenvalue weighted by Gasteiger charge is 2.01. The van der Waals surface area contributed by atoms with E-state index in [1.165, 1.54) is 19.1 Å². The van der Waals surface area contributed by atoms with E-state index in [2.05, 4.69) is 11.8 Å². The standard InChI is InChI=1S/C14H11FO.C4H6/c1-10(16)11-2-4-12(5-3-11)13-6-8-14(15)9-7-13;1-3-4-2/h2-9H,1H3;1-2H3. The topological polar surface area (TPSA) is 17.1 Å². The molecule has 0 N–H and O–H groups in total. The maximum Gasteiger partial charge on any atom is 0.159 e. The van der Waals surface area contributed by atoms with Crippen molar-refractivity contribution >= 4 is 5.78 Å². The van der Waals surface area contributed by atoms with Crippen LogP contribution in [0.25, 0.3) is 11.1 Å². The lowest BCUT2D eigenvalue weighted by molar-refractivity contribution is 0.101. The maximum absolute atomic E-state index is 12.7. The van der Waals surface area contributed by atoms with Gasteiger partial charge in [-0.05, 0) is 44.0 Å². The molecule has 0 aliphatic heterocycles. The lowest BCUT2D eigenvalue weighted by Crippen LogP contribution is -1.90. The summed E-state index contributed by atoms with van der Waals surface area (Å²) in [6.45, 7) is 5.17. The van der Waals surface area contributed by atoms with Crippen LogP contribution in [0.15, 0.2) is 48.5 Å². The van der Waals surface area contributed by atoms with E-state index < -0.39 is 0 Å². The molecule has 0 aliphatic rings. The fraction of sp³-hybridized carbons (Fsp3) is 0.167. The van der Waals surface area contributed by atoms with Gasteiger partial charge in [0, 0.05) is 5.56 Å². The minimum atomic E-state index is -0.246. The monoisotopic (exact) mass is 268 g/mol. The second-order valence-corrected chi connectivity index (χ2v) is 4.14. The van der Waals surface area contributed by atoms with Crippen LogP contribution in [-0.4, -0.2) is 5.78 Å². The van der Waals surface area contributed by atoms with Gasteiger partial charge in [0.05, 0.1) is 0 Å². The molecule has 0 bridgehead atoms. The maximum atomic E-state index is 12.7. The molecule has 2 heteroatoms. The average Bonchev–Trinajstić information content (AvgIpc) is 2.48. The molecule has 0 amide bonds. The molecule has 2 rings (SSSR count). The number of Topliss-reactive ketones (excluding diaryl/α,β-unsaturated/α-hetero) is 1. The van der Waals surface area contributed by atoms with Crippen molar-refractivity contribution in [3.63, 3.8) is 0 Å². The lowest BCUT2D eigenvalue weighted by Gasteiger charge is -2.02. The summed E-state index contributed by atoms with van der Waals surface area (Å²) < 4.78 is 12.7. The van der Waals surface area contributed by atoms with Gasteiger partial charge < -0.3 is 0 Å². The molecule has 1 nitrogen and oxygen atoms in total.